The van der Waals surface area contributed by atoms with Gasteiger partial charge in [0.1, 0.15) is 11.3 Å². The number of nitrogens with one attached hydrogen (secondary N) is 1. The van der Waals surface area contributed by atoms with Crippen LogP contribution in [0.25, 0.3) is 11.1 Å². The average molecular weight is 469 g/mol. The number of thiocarbonyl (C=S) groups is 1. The third kappa shape index (κ3) is 3.95. The largest absolute Gasteiger partial charge is 0.443 e. The third-order valence-electron chi connectivity index (χ3n) is 4.99. The highest BCUT2D eigenvalue weighted by Crippen LogP contribution is 2.29. The number of anilines is 2. The Kier molecular flexibility index (Phi) is 5.58. The van der Waals surface area contributed by atoms with Gasteiger partial charge in [0.15, 0.2) is 23.6 Å². The smallest absolute Gasteiger partial charge is 0.241 e. The maximum Gasteiger partial charge on any atom is 0.241 e. The van der Waals surface area contributed by atoms with E-state index in [-0.39, 0.29) is 44.9 Å². The van der Waals surface area contributed by atoms with E-state index in [0.717, 1.165) is 23.0 Å². The maximum absolute atomic E-state index is 14.6. The van der Waals surface area contributed by atoms with Gasteiger partial charge in [-0.3, -0.25) is 0 Å². The van der Waals surface area contributed by atoms with Gasteiger partial charge in [0.2, 0.25) is 16.0 Å². The summed E-state index contributed by atoms with van der Waals surface area (Å²) in [5.41, 5.74) is 5.80. The van der Waals surface area contributed by atoms with E-state index in [1.165, 1.54) is 6.20 Å². The molecule has 1 fully saturated rings. The summed E-state index contributed by atoms with van der Waals surface area (Å²) < 4.78 is 59.7. The number of hydrogen-bond acceptors (Lipinski definition) is 9. The van der Waals surface area contributed by atoms with E-state index in [4.69, 9.17) is 22.4 Å². The molecule has 3 heterocycles. The summed E-state index contributed by atoms with van der Waals surface area (Å²) in [4.78, 5) is 11.9. The van der Waals surface area contributed by atoms with E-state index in [1.807, 2.05) is 0 Å². The highest BCUT2D eigenvalue weighted by atomic mass is 32.2. The molecule has 9 nitrogen and oxygen atoms in total. The van der Waals surface area contributed by atoms with Crippen molar-refractivity contribution in [3.05, 3.63) is 41.4 Å². The Labute approximate surface area is 181 Å². The molecule has 0 unspecified atom stereocenters. The predicted octanol–water partition coefficient (Wildman–Crippen LogP) is 1.76. The first kappa shape index (κ1) is 21.5. The van der Waals surface area contributed by atoms with Crippen molar-refractivity contribution in [2.45, 2.75) is 18.9 Å². The van der Waals surface area contributed by atoms with Crippen LogP contribution >= 0.6 is 12.2 Å². The van der Waals surface area contributed by atoms with Gasteiger partial charge in [-0.25, -0.2) is 31.5 Å². The zero-order valence-corrected chi connectivity index (χ0v) is 17.9. The number of piperidine rings is 1. The van der Waals surface area contributed by atoms with Crippen LogP contribution in [0.1, 0.15) is 24.0 Å². The number of nitrogens with zero attached hydrogens (tertiary/aromatic N) is 4. The van der Waals surface area contributed by atoms with Crippen molar-refractivity contribution < 1.29 is 21.6 Å². The molecule has 0 spiro atoms. The van der Waals surface area contributed by atoms with Crippen molar-refractivity contribution in [3.8, 4) is 0 Å². The summed E-state index contributed by atoms with van der Waals surface area (Å²) in [6.07, 6.45) is 4.46. The van der Waals surface area contributed by atoms with Gasteiger partial charge in [-0.2, -0.15) is 4.98 Å². The van der Waals surface area contributed by atoms with E-state index < -0.39 is 21.7 Å². The molecule has 1 aliphatic heterocycles. The van der Waals surface area contributed by atoms with E-state index in [2.05, 4.69) is 20.3 Å². The van der Waals surface area contributed by atoms with E-state index >= 15 is 0 Å². The highest BCUT2D eigenvalue weighted by molar-refractivity contribution is 7.92. The normalized spacial score (nSPS) is 15.3. The van der Waals surface area contributed by atoms with Crippen molar-refractivity contribution in [2.24, 2.45) is 0 Å². The van der Waals surface area contributed by atoms with Crippen LogP contribution < -0.4 is 15.4 Å². The molecular formula is C18H18F2N6O3S2. The number of oxazole rings is 1. The van der Waals surface area contributed by atoms with Gasteiger partial charge in [0.25, 0.3) is 0 Å². The van der Waals surface area contributed by atoms with Gasteiger partial charge in [-0.05, 0) is 25.9 Å². The summed E-state index contributed by atoms with van der Waals surface area (Å²) in [5.74, 6) is -2.65. The lowest BCUT2D eigenvalue weighted by molar-refractivity contribution is 0.451. The van der Waals surface area contributed by atoms with Gasteiger partial charge in [-0.1, -0.05) is 12.2 Å². The first-order valence-corrected chi connectivity index (χ1v) is 11.5. The summed E-state index contributed by atoms with van der Waals surface area (Å²) in [6, 6.07) is 0.564. The number of benzene rings is 1. The molecule has 164 valence electrons. The fourth-order valence-electron chi connectivity index (χ4n) is 3.57. The number of nitrogens with two attached hydrogens (primary N) is 1. The Morgan fingerprint density at radius 3 is 2.68 bits per heavy atom. The third-order valence-corrected chi connectivity index (χ3v) is 6.59. The lowest BCUT2D eigenvalue weighted by atomic mass is 10.0. The molecule has 31 heavy (non-hydrogen) atoms. The Hall–Kier alpha value is -2.77. The Balaban J connectivity index is 1.77. The second-order valence-corrected chi connectivity index (χ2v) is 9.35. The first-order valence-electron chi connectivity index (χ1n) is 9.27. The fourth-order valence-corrected chi connectivity index (χ4v) is 5.05. The van der Waals surface area contributed by atoms with Gasteiger partial charge < -0.3 is 15.5 Å². The van der Waals surface area contributed by atoms with Crippen LogP contribution in [0.2, 0.25) is 0 Å². The molecule has 0 atom stereocenters. The Bertz CT molecular complexity index is 1270. The molecule has 1 aliphatic rings. The minimum absolute atomic E-state index is 0.0414. The molecule has 3 N–H and O–H groups in total. The summed E-state index contributed by atoms with van der Waals surface area (Å²) in [5, 5.41) is 3.16. The number of fused-ring (bicyclic) bond motifs is 1. The molecule has 0 amide bonds. The van der Waals surface area contributed by atoms with Crippen LogP contribution in [0.5, 0.6) is 0 Å². The Morgan fingerprint density at radius 2 is 2.03 bits per heavy atom. The van der Waals surface area contributed by atoms with Gasteiger partial charge >= 0.3 is 0 Å². The van der Waals surface area contributed by atoms with Crippen LogP contribution in [-0.4, -0.2) is 53.6 Å². The van der Waals surface area contributed by atoms with Crippen LogP contribution in [0, 0.1) is 11.6 Å². The molecular weight excluding hydrogens is 450 g/mol. The van der Waals surface area contributed by atoms with Gasteiger partial charge in [0.05, 0.1) is 28.3 Å². The number of rotatable bonds is 5. The SMILES string of the molecule is CS(=O)(=O)N(c1ncc(C(=S)c2c(F)c(F)cc3ncoc23)c(N)n1)C1CCNCC1. The summed E-state index contributed by atoms with van der Waals surface area (Å²) in [6.45, 7) is 1.31. The molecule has 3 aromatic rings. The topological polar surface area (TPSA) is 127 Å². The van der Waals surface area contributed by atoms with E-state index in [9.17, 15) is 17.2 Å². The van der Waals surface area contributed by atoms with Crippen LogP contribution in [0.4, 0.5) is 20.5 Å². The standard InChI is InChI=1S/C18H18F2N6O3S2/c1-31(27,28)26(9-2-4-22-5-3-9)18-23-7-10(17(21)25-18)16(30)13-14(20)11(19)6-12-15(13)29-8-24-12/h6-9,22H,2-5H2,1H3,(H2,21,23,25). The lowest BCUT2D eigenvalue weighted by Crippen LogP contribution is -2.46. The number of nitrogen functional groups attached to an aromatic ring is 1. The monoisotopic (exact) mass is 468 g/mol. The Morgan fingerprint density at radius 1 is 1.32 bits per heavy atom. The molecule has 0 saturated carbocycles. The average Bonchev–Trinajstić information content (AvgIpc) is 3.16. The van der Waals surface area contributed by atoms with Crippen molar-refractivity contribution >= 4 is 50.0 Å². The predicted molar refractivity (Wildman–Crippen MR) is 114 cm³/mol. The van der Waals surface area contributed by atoms with Crippen molar-refractivity contribution in [2.75, 3.05) is 29.4 Å². The quantitative estimate of drug-likeness (QED) is 0.425. The van der Waals surface area contributed by atoms with Crippen molar-refractivity contribution in [1.82, 2.24) is 20.3 Å². The molecule has 13 heteroatoms. The van der Waals surface area contributed by atoms with E-state index in [0.29, 0.717) is 25.9 Å². The van der Waals surface area contributed by atoms with Crippen LogP contribution in [0.15, 0.2) is 23.1 Å². The minimum Gasteiger partial charge on any atom is -0.443 e. The number of halogens is 2. The minimum atomic E-state index is -3.69. The van der Waals surface area contributed by atoms with Crippen LogP contribution in [-0.2, 0) is 10.0 Å². The van der Waals surface area contributed by atoms with E-state index in [1.54, 1.807) is 0 Å². The number of hydrogen-bond donors (Lipinski definition) is 2. The summed E-state index contributed by atoms with van der Waals surface area (Å²) in [7, 11) is -3.69. The zero-order chi connectivity index (χ0) is 22.3. The fraction of sp³-hybridized carbons (Fsp3) is 0.333. The maximum atomic E-state index is 14.6. The van der Waals surface area contributed by atoms with Crippen LogP contribution in [0.3, 0.4) is 0 Å². The zero-order valence-electron chi connectivity index (χ0n) is 16.3. The van der Waals surface area contributed by atoms with Gasteiger partial charge in [-0.15, -0.1) is 0 Å². The molecule has 1 aromatic carbocycles. The number of sulfonamides is 1. The molecule has 4 rings (SSSR count). The van der Waals surface area contributed by atoms with Crippen molar-refractivity contribution in [1.29, 1.82) is 0 Å². The lowest BCUT2D eigenvalue weighted by Gasteiger charge is -2.32. The molecule has 0 aliphatic carbocycles. The second-order valence-electron chi connectivity index (χ2n) is 7.09. The molecule has 0 radical (unpaired) electrons. The second kappa shape index (κ2) is 8.05. The number of aromatic nitrogens is 3. The van der Waals surface area contributed by atoms with Gasteiger partial charge in [0, 0.05) is 12.3 Å². The highest BCUT2D eigenvalue weighted by Gasteiger charge is 2.31. The van der Waals surface area contributed by atoms with Crippen molar-refractivity contribution in [3.63, 3.8) is 0 Å². The molecule has 2 aromatic heterocycles. The molecule has 0 bridgehead atoms. The molecule has 1 saturated heterocycles. The first-order chi connectivity index (χ1) is 14.7. The summed E-state index contributed by atoms with van der Waals surface area (Å²) >= 11 is 5.33.